The van der Waals surface area contributed by atoms with Crippen LogP contribution < -0.4 is 4.74 Å². The van der Waals surface area contributed by atoms with Crippen molar-refractivity contribution in [1.82, 2.24) is 0 Å². The van der Waals surface area contributed by atoms with E-state index in [4.69, 9.17) is 4.74 Å². The molecular formula is C9H11BrO3. The van der Waals surface area contributed by atoms with Crippen molar-refractivity contribution in [3.8, 4) is 17.2 Å². The van der Waals surface area contributed by atoms with Gasteiger partial charge in [0.05, 0.1) is 6.61 Å². The molecule has 0 spiro atoms. The summed E-state index contributed by atoms with van der Waals surface area (Å²) in [6.45, 7) is 2.27. The minimum atomic E-state index is -0.196. The molecule has 0 saturated heterocycles. The van der Waals surface area contributed by atoms with E-state index in [0.29, 0.717) is 23.2 Å². The molecule has 1 aromatic rings. The molecule has 0 unspecified atom stereocenters. The molecule has 3 nitrogen and oxygen atoms in total. The lowest BCUT2D eigenvalue weighted by Crippen LogP contribution is -1.92. The van der Waals surface area contributed by atoms with Crippen LogP contribution in [-0.2, 0) is 5.33 Å². The number of halogens is 1. The standard InChI is InChI=1S/C9H11BrO3/c1-2-13-7-4-3-6(5-10)8(11)9(7)12/h3-4,11-12H,2,5H2,1H3. The van der Waals surface area contributed by atoms with Crippen LogP contribution in [0.25, 0.3) is 0 Å². The van der Waals surface area contributed by atoms with Crippen LogP contribution in [0.2, 0.25) is 0 Å². The Bertz CT molecular complexity index is 299. The third kappa shape index (κ3) is 2.06. The predicted octanol–water partition coefficient (Wildman–Crippen LogP) is 2.39. The fraction of sp³-hybridized carbons (Fsp3) is 0.333. The molecule has 0 saturated carbocycles. The number of rotatable bonds is 3. The SMILES string of the molecule is CCOc1ccc(CBr)c(O)c1O. The summed E-state index contributed by atoms with van der Waals surface area (Å²) in [7, 11) is 0. The van der Waals surface area contributed by atoms with Gasteiger partial charge in [0.15, 0.2) is 11.5 Å². The van der Waals surface area contributed by atoms with E-state index in [9.17, 15) is 10.2 Å². The van der Waals surface area contributed by atoms with Gasteiger partial charge in [0.1, 0.15) is 0 Å². The summed E-state index contributed by atoms with van der Waals surface area (Å²) in [4.78, 5) is 0. The molecule has 0 bridgehead atoms. The van der Waals surface area contributed by atoms with Crippen LogP contribution in [0.15, 0.2) is 12.1 Å². The van der Waals surface area contributed by atoms with Crippen molar-refractivity contribution in [2.45, 2.75) is 12.3 Å². The third-order valence-corrected chi connectivity index (χ3v) is 2.25. The Hall–Kier alpha value is -0.900. The zero-order chi connectivity index (χ0) is 9.84. The molecule has 72 valence electrons. The minimum absolute atomic E-state index is 0.122. The second-order valence-electron chi connectivity index (χ2n) is 2.49. The van der Waals surface area contributed by atoms with Crippen molar-refractivity contribution in [1.29, 1.82) is 0 Å². The highest BCUT2D eigenvalue weighted by atomic mass is 79.9. The summed E-state index contributed by atoms with van der Waals surface area (Å²) in [5.41, 5.74) is 0.640. The van der Waals surface area contributed by atoms with Crippen LogP contribution in [0.3, 0.4) is 0 Å². The molecule has 0 aliphatic carbocycles. The molecule has 1 rings (SSSR count). The zero-order valence-electron chi connectivity index (χ0n) is 7.25. The smallest absolute Gasteiger partial charge is 0.200 e. The Kier molecular flexibility index (Phi) is 3.42. The van der Waals surface area contributed by atoms with Gasteiger partial charge < -0.3 is 14.9 Å². The molecular weight excluding hydrogens is 236 g/mol. The van der Waals surface area contributed by atoms with Crippen LogP contribution in [-0.4, -0.2) is 16.8 Å². The van der Waals surface area contributed by atoms with Crippen molar-refractivity contribution >= 4 is 15.9 Å². The molecule has 4 heteroatoms. The largest absolute Gasteiger partial charge is 0.504 e. The molecule has 0 aliphatic heterocycles. The van der Waals surface area contributed by atoms with Crippen molar-refractivity contribution in [3.05, 3.63) is 17.7 Å². The predicted molar refractivity (Wildman–Crippen MR) is 53.6 cm³/mol. The van der Waals surface area contributed by atoms with Gasteiger partial charge in [-0.1, -0.05) is 22.0 Å². The van der Waals surface area contributed by atoms with E-state index >= 15 is 0 Å². The maximum absolute atomic E-state index is 9.45. The van der Waals surface area contributed by atoms with E-state index in [1.54, 1.807) is 12.1 Å². The maximum Gasteiger partial charge on any atom is 0.200 e. The molecule has 0 fully saturated rings. The molecule has 13 heavy (non-hydrogen) atoms. The third-order valence-electron chi connectivity index (χ3n) is 1.64. The quantitative estimate of drug-likeness (QED) is 0.636. The van der Waals surface area contributed by atoms with Crippen LogP contribution in [0.4, 0.5) is 0 Å². The summed E-state index contributed by atoms with van der Waals surface area (Å²) >= 11 is 3.19. The monoisotopic (exact) mass is 246 g/mol. The Labute approximate surface area is 85.1 Å². The summed E-state index contributed by atoms with van der Waals surface area (Å²) in [6.07, 6.45) is 0. The molecule has 0 aromatic heterocycles. The van der Waals surface area contributed by atoms with Gasteiger partial charge >= 0.3 is 0 Å². The lowest BCUT2D eigenvalue weighted by atomic mass is 10.2. The lowest BCUT2D eigenvalue weighted by molar-refractivity contribution is 0.308. The summed E-state index contributed by atoms with van der Waals surface area (Å²) in [6, 6.07) is 3.34. The van der Waals surface area contributed by atoms with E-state index in [1.165, 1.54) is 0 Å². The van der Waals surface area contributed by atoms with E-state index in [1.807, 2.05) is 6.92 Å². The Morgan fingerprint density at radius 3 is 2.54 bits per heavy atom. The number of phenolic OH excluding ortho intramolecular Hbond substituents is 2. The Morgan fingerprint density at radius 1 is 1.31 bits per heavy atom. The lowest BCUT2D eigenvalue weighted by Gasteiger charge is -2.08. The van der Waals surface area contributed by atoms with E-state index in [0.717, 1.165) is 0 Å². The first-order valence-corrected chi connectivity index (χ1v) is 5.05. The molecule has 0 radical (unpaired) electrons. The van der Waals surface area contributed by atoms with Crippen molar-refractivity contribution in [3.63, 3.8) is 0 Å². The van der Waals surface area contributed by atoms with Gasteiger partial charge in [0.2, 0.25) is 5.75 Å². The van der Waals surface area contributed by atoms with Crippen molar-refractivity contribution in [2.75, 3.05) is 6.61 Å². The number of hydrogen-bond donors (Lipinski definition) is 2. The molecule has 0 heterocycles. The van der Waals surface area contributed by atoms with Crippen LogP contribution in [0, 0.1) is 0 Å². The highest BCUT2D eigenvalue weighted by Crippen LogP contribution is 2.38. The van der Waals surface area contributed by atoms with Gasteiger partial charge in [-0.2, -0.15) is 0 Å². The van der Waals surface area contributed by atoms with E-state index in [2.05, 4.69) is 15.9 Å². The Balaban J connectivity index is 3.07. The van der Waals surface area contributed by atoms with Gasteiger partial charge in [0.25, 0.3) is 0 Å². The zero-order valence-corrected chi connectivity index (χ0v) is 8.84. The molecule has 0 atom stereocenters. The van der Waals surface area contributed by atoms with Crippen LogP contribution >= 0.6 is 15.9 Å². The second kappa shape index (κ2) is 4.37. The number of alkyl halides is 1. The first-order chi connectivity index (χ1) is 6.20. The van der Waals surface area contributed by atoms with Crippen molar-refractivity contribution in [2.24, 2.45) is 0 Å². The first kappa shape index (κ1) is 10.2. The average Bonchev–Trinajstić information content (AvgIpc) is 2.14. The summed E-state index contributed by atoms with van der Waals surface area (Å²) in [5.74, 6) is -0.00803. The maximum atomic E-state index is 9.45. The molecule has 0 amide bonds. The number of hydrogen-bond acceptors (Lipinski definition) is 3. The van der Waals surface area contributed by atoms with Gasteiger partial charge in [-0.25, -0.2) is 0 Å². The fourth-order valence-electron chi connectivity index (χ4n) is 0.983. The fourth-order valence-corrected chi connectivity index (χ4v) is 1.44. The van der Waals surface area contributed by atoms with E-state index < -0.39 is 0 Å². The van der Waals surface area contributed by atoms with Gasteiger partial charge in [-0.05, 0) is 13.0 Å². The average molecular weight is 247 g/mol. The molecule has 0 aliphatic rings. The summed E-state index contributed by atoms with van der Waals surface area (Å²) in [5, 5.41) is 19.4. The van der Waals surface area contributed by atoms with Crippen LogP contribution in [0.1, 0.15) is 12.5 Å². The van der Waals surface area contributed by atoms with Gasteiger partial charge in [0, 0.05) is 10.9 Å². The second-order valence-corrected chi connectivity index (χ2v) is 3.05. The highest BCUT2D eigenvalue weighted by Gasteiger charge is 2.10. The van der Waals surface area contributed by atoms with Gasteiger partial charge in [-0.3, -0.25) is 0 Å². The number of phenols is 2. The van der Waals surface area contributed by atoms with E-state index in [-0.39, 0.29) is 11.5 Å². The summed E-state index contributed by atoms with van der Waals surface area (Å²) < 4.78 is 5.09. The molecule has 1 aromatic carbocycles. The normalized spacial score (nSPS) is 10.0. The number of benzene rings is 1. The van der Waals surface area contributed by atoms with Gasteiger partial charge in [-0.15, -0.1) is 0 Å². The number of aromatic hydroxyl groups is 2. The number of ether oxygens (including phenoxy) is 1. The highest BCUT2D eigenvalue weighted by molar-refractivity contribution is 9.08. The minimum Gasteiger partial charge on any atom is -0.504 e. The Morgan fingerprint density at radius 2 is 2.00 bits per heavy atom. The van der Waals surface area contributed by atoms with Crippen molar-refractivity contribution < 1.29 is 14.9 Å². The van der Waals surface area contributed by atoms with Crippen LogP contribution in [0.5, 0.6) is 17.2 Å². The topological polar surface area (TPSA) is 49.7 Å². The molecule has 2 N–H and O–H groups in total. The first-order valence-electron chi connectivity index (χ1n) is 3.93.